The van der Waals surface area contributed by atoms with Crippen molar-refractivity contribution in [3.05, 3.63) is 101 Å². The molecule has 0 saturated heterocycles. The Morgan fingerprint density at radius 2 is 1.48 bits per heavy atom. The fourth-order valence-electron chi connectivity index (χ4n) is 3.93. The van der Waals surface area contributed by atoms with Gasteiger partial charge in [0, 0.05) is 28.3 Å². The van der Waals surface area contributed by atoms with Gasteiger partial charge < -0.3 is 0 Å². The first kappa shape index (κ1) is 15.7. The van der Waals surface area contributed by atoms with E-state index >= 15 is 0 Å². The number of fused-ring (bicyclic) bond motifs is 2. The summed E-state index contributed by atoms with van der Waals surface area (Å²) in [6, 6.07) is 26.0. The zero-order valence-corrected chi connectivity index (χ0v) is 14.9. The van der Waals surface area contributed by atoms with Gasteiger partial charge in [0.1, 0.15) is 0 Å². The predicted molar refractivity (Wildman–Crippen MR) is 111 cm³/mol. The van der Waals surface area contributed by atoms with Crippen molar-refractivity contribution in [1.82, 2.24) is 0 Å². The van der Waals surface area contributed by atoms with Crippen LogP contribution in [0.15, 0.2) is 83.9 Å². The molecule has 0 fully saturated rings. The van der Waals surface area contributed by atoms with Crippen LogP contribution in [0.2, 0.25) is 0 Å². The molecule has 0 heterocycles. The van der Waals surface area contributed by atoms with Gasteiger partial charge in [0.25, 0.3) is 0 Å². The van der Waals surface area contributed by atoms with Gasteiger partial charge >= 0.3 is 0 Å². The molecule has 27 heavy (non-hydrogen) atoms. The zero-order chi connectivity index (χ0) is 18.4. The van der Waals surface area contributed by atoms with Crippen LogP contribution in [-0.2, 0) is 0 Å². The lowest BCUT2D eigenvalue weighted by Crippen LogP contribution is -2.10. The number of hydrogen-bond donors (Lipinski definition) is 0. The molecule has 1 aliphatic carbocycles. The molecule has 4 aromatic rings. The molecule has 5 rings (SSSR count). The summed E-state index contributed by atoms with van der Waals surface area (Å²) < 4.78 is 0. The molecule has 4 aromatic carbocycles. The molecule has 2 nitrogen and oxygen atoms in total. The monoisotopic (exact) mass is 347 g/mol. The zero-order valence-electron chi connectivity index (χ0n) is 14.9. The van der Waals surface area contributed by atoms with E-state index in [1.165, 1.54) is 0 Å². The van der Waals surface area contributed by atoms with Gasteiger partial charge in [-0.15, -0.1) is 0 Å². The Morgan fingerprint density at radius 3 is 2.30 bits per heavy atom. The van der Waals surface area contributed by atoms with Crippen molar-refractivity contribution in [1.29, 1.82) is 0 Å². The van der Waals surface area contributed by atoms with Gasteiger partial charge in [0.15, 0.2) is 5.78 Å². The van der Waals surface area contributed by atoms with E-state index in [4.69, 9.17) is 4.99 Å². The van der Waals surface area contributed by atoms with Gasteiger partial charge in [-0.25, -0.2) is 0 Å². The number of carbonyl (C=O) groups is 1. The minimum atomic E-state index is 0.0885. The van der Waals surface area contributed by atoms with Crippen LogP contribution in [0.25, 0.3) is 21.9 Å². The molecule has 0 N–H and O–H groups in total. The summed E-state index contributed by atoms with van der Waals surface area (Å²) in [5.41, 5.74) is 6.62. The van der Waals surface area contributed by atoms with Gasteiger partial charge in [0.2, 0.25) is 0 Å². The van der Waals surface area contributed by atoms with Crippen LogP contribution >= 0.6 is 0 Å². The Bertz CT molecular complexity index is 1240. The van der Waals surface area contributed by atoms with E-state index in [9.17, 15) is 4.79 Å². The van der Waals surface area contributed by atoms with E-state index < -0.39 is 0 Å². The molecule has 1 aliphatic rings. The fourth-order valence-corrected chi connectivity index (χ4v) is 3.93. The number of rotatable bonds is 2. The molecule has 0 amide bonds. The summed E-state index contributed by atoms with van der Waals surface area (Å²) in [4.78, 5) is 17.9. The molecule has 0 spiro atoms. The first-order chi connectivity index (χ1) is 13.2. The van der Waals surface area contributed by atoms with Crippen molar-refractivity contribution in [2.45, 2.75) is 6.92 Å². The van der Waals surface area contributed by atoms with Gasteiger partial charge in [-0.1, -0.05) is 72.8 Å². The number of carbonyl (C=O) groups excluding carboxylic acids is 1. The van der Waals surface area contributed by atoms with Crippen LogP contribution in [0, 0.1) is 6.92 Å². The molecule has 0 bridgehead atoms. The van der Waals surface area contributed by atoms with Crippen LogP contribution in [-0.4, -0.2) is 12.0 Å². The summed E-state index contributed by atoms with van der Waals surface area (Å²) in [6.07, 6.45) is 1.90. The minimum Gasteiger partial charge on any atom is -0.289 e. The van der Waals surface area contributed by atoms with Crippen LogP contribution < -0.4 is 0 Å². The third-order valence-corrected chi connectivity index (χ3v) is 5.16. The van der Waals surface area contributed by atoms with E-state index in [2.05, 4.69) is 19.1 Å². The molecular weight excluding hydrogens is 330 g/mol. The lowest BCUT2D eigenvalue weighted by Gasteiger charge is -2.22. The van der Waals surface area contributed by atoms with Gasteiger partial charge in [-0.2, -0.15) is 0 Å². The Kier molecular flexibility index (Phi) is 3.51. The number of nitrogens with zero attached hydrogens (tertiary/aromatic N) is 1. The third-order valence-electron chi connectivity index (χ3n) is 5.16. The van der Waals surface area contributed by atoms with Crippen molar-refractivity contribution in [2.75, 3.05) is 0 Å². The maximum absolute atomic E-state index is 13.0. The molecule has 0 atom stereocenters. The lowest BCUT2D eigenvalue weighted by atomic mass is 9.81. The van der Waals surface area contributed by atoms with Gasteiger partial charge in [-0.3, -0.25) is 9.79 Å². The van der Waals surface area contributed by atoms with Crippen molar-refractivity contribution < 1.29 is 4.79 Å². The largest absolute Gasteiger partial charge is 0.289 e. The second-order valence-corrected chi connectivity index (χ2v) is 6.86. The maximum atomic E-state index is 13.0. The number of hydrogen-bond acceptors (Lipinski definition) is 2. The molecule has 0 unspecified atom stereocenters. The van der Waals surface area contributed by atoms with E-state index in [-0.39, 0.29) is 5.78 Å². The highest BCUT2D eigenvalue weighted by atomic mass is 16.1. The summed E-state index contributed by atoms with van der Waals surface area (Å²) in [6.45, 7) is 2.08. The summed E-state index contributed by atoms with van der Waals surface area (Å²) in [5, 5.41) is 2.09. The first-order valence-electron chi connectivity index (χ1n) is 9.03. The average molecular weight is 347 g/mol. The van der Waals surface area contributed by atoms with Gasteiger partial charge in [-0.05, 0) is 35.1 Å². The Morgan fingerprint density at radius 1 is 0.778 bits per heavy atom. The van der Waals surface area contributed by atoms with E-state index in [0.717, 1.165) is 49.8 Å². The van der Waals surface area contributed by atoms with Crippen molar-refractivity contribution in [3.8, 4) is 11.1 Å². The minimum absolute atomic E-state index is 0.0885. The number of aliphatic imine (C=N–C) groups is 1. The topological polar surface area (TPSA) is 29.4 Å². The SMILES string of the molecule is Cc1cc2cccc3c2c(c1N=Cc1ccccc1)-c1ccccc1C3=O. The normalized spacial score (nSPS) is 12.6. The molecule has 0 aliphatic heterocycles. The van der Waals surface area contributed by atoms with Crippen molar-refractivity contribution in [2.24, 2.45) is 4.99 Å². The molecule has 0 aromatic heterocycles. The summed E-state index contributed by atoms with van der Waals surface area (Å²) in [7, 11) is 0. The fraction of sp³-hybridized carbons (Fsp3) is 0.0400. The van der Waals surface area contributed by atoms with E-state index in [0.29, 0.717) is 0 Å². The van der Waals surface area contributed by atoms with Gasteiger partial charge in [0.05, 0.1) is 5.69 Å². The van der Waals surface area contributed by atoms with Crippen LogP contribution in [0.3, 0.4) is 0 Å². The molecule has 2 heteroatoms. The third kappa shape index (κ3) is 2.42. The highest BCUT2D eigenvalue weighted by Gasteiger charge is 2.27. The highest BCUT2D eigenvalue weighted by Crippen LogP contribution is 2.46. The smallest absolute Gasteiger partial charge is 0.194 e. The van der Waals surface area contributed by atoms with Crippen LogP contribution in [0.4, 0.5) is 5.69 Å². The molecule has 0 saturated carbocycles. The maximum Gasteiger partial charge on any atom is 0.194 e. The average Bonchev–Trinajstić information content (AvgIpc) is 2.71. The first-order valence-corrected chi connectivity index (χ1v) is 9.03. The highest BCUT2D eigenvalue weighted by molar-refractivity contribution is 6.27. The summed E-state index contributed by atoms with van der Waals surface area (Å²) in [5.74, 6) is 0.0885. The predicted octanol–water partition coefficient (Wildman–Crippen LogP) is 6.11. The van der Waals surface area contributed by atoms with Crippen molar-refractivity contribution >= 4 is 28.5 Å². The van der Waals surface area contributed by atoms with E-state index in [1.54, 1.807) is 0 Å². The van der Waals surface area contributed by atoms with E-state index in [1.807, 2.05) is 72.9 Å². The summed E-state index contributed by atoms with van der Waals surface area (Å²) >= 11 is 0. The number of aryl methyl sites for hydroxylation is 1. The molecule has 128 valence electrons. The molecular formula is C25H17NO. The lowest BCUT2D eigenvalue weighted by molar-refractivity contribution is 0.104. The standard InChI is InChI=1S/C25H17NO/c1-16-14-18-10-7-13-21-22(18)23(19-11-5-6-12-20(19)25(21)27)24(16)26-15-17-8-3-2-4-9-17/h2-15H,1H3. The van der Waals surface area contributed by atoms with Crippen LogP contribution in [0.5, 0.6) is 0 Å². The quantitative estimate of drug-likeness (QED) is 0.354. The number of ketones is 1. The second kappa shape index (κ2) is 6.03. The molecule has 0 radical (unpaired) electrons. The van der Waals surface area contributed by atoms with Crippen molar-refractivity contribution in [3.63, 3.8) is 0 Å². The second-order valence-electron chi connectivity index (χ2n) is 6.86. The van der Waals surface area contributed by atoms with Crippen LogP contribution in [0.1, 0.15) is 27.0 Å². The Labute approximate surface area is 157 Å². The Hall–Kier alpha value is -3.52. The Balaban J connectivity index is 1.86. The number of benzene rings is 4.